The van der Waals surface area contributed by atoms with Gasteiger partial charge in [0.05, 0.1) is 16.1 Å². The minimum Gasteiger partial charge on any atom is -0.316 e. The van der Waals surface area contributed by atoms with Crippen LogP contribution in [0.2, 0.25) is 5.02 Å². The molecule has 5 heteroatoms. The number of para-hydroxylation sites is 1. The van der Waals surface area contributed by atoms with E-state index in [2.05, 4.69) is 4.98 Å². The van der Waals surface area contributed by atoms with Crippen molar-refractivity contribution in [3.63, 3.8) is 0 Å². The summed E-state index contributed by atoms with van der Waals surface area (Å²) >= 11 is 5.90. The number of hydrogen-bond acceptors (Lipinski definition) is 2. The van der Waals surface area contributed by atoms with Crippen molar-refractivity contribution in [2.75, 3.05) is 0 Å². The molecule has 1 aromatic heterocycles. The van der Waals surface area contributed by atoms with Crippen LogP contribution in [0.1, 0.15) is 0 Å². The zero-order valence-corrected chi connectivity index (χ0v) is 8.13. The topological polar surface area (TPSA) is 54.9 Å². The van der Waals surface area contributed by atoms with Crippen LogP contribution < -0.4 is 11.1 Å². The maximum absolute atomic E-state index is 11.3. The van der Waals surface area contributed by atoms with Gasteiger partial charge in [-0.2, -0.15) is 0 Å². The molecule has 0 radical (unpaired) electrons. The zero-order valence-electron chi connectivity index (χ0n) is 7.37. The molecule has 1 heterocycles. The highest BCUT2D eigenvalue weighted by Gasteiger charge is 2.06. The summed E-state index contributed by atoms with van der Waals surface area (Å²) in [6.45, 7) is 0. The van der Waals surface area contributed by atoms with E-state index in [9.17, 15) is 9.59 Å². The van der Waals surface area contributed by atoms with Gasteiger partial charge in [0.15, 0.2) is 0 Å². The summed E-state index contributed by atoms with van der Waals surface area (Å²) < 4.78 is 1.25. The number of benzene rings is 1. The summed E-state index contributed by atoms with van der Waals surface area (Å²) in [5, 5.41) is 0.443. The number of halogens is 1. The second kappa shape index (κ2) is 2.99. The molecule has 1 aromatic carbocycles. The van der Waals surface area contributed by atoms with Crippen molar-refractivity contribution in [2.24, 2.45) is 7.05 Å². The third kappa shape index (κ3) is 1.15. The predicted molar refractivity (Wildman–Crippen MR) is 54.8 cm³/mol. The third-order valence-corrected chi connectivity index (χ3v) is 2.37. The van der Waals surface area contributed by atoms with Crippen LogP contribution in [0.4, 0.5) is 0 Å². The van der Waals surface area contributed by atoms with Crippen molar-refractivity contribution >= 4 is 22.6 Å². The number of aromatic amines is 1. The van der Waals surface area contributed by atoms with Gasteiger partial charge in [0.2, 0.25) is 0 Å². The first kappa shape index (κ1) is 9.02. The molecule has 0 saturated carbocycles. The van der Waals surface area contributed by atoms with Gasteiger partial charge >= 0.3 is 11.1 Å². The molecule has 1 N–H and O–H groups in total. The van der Waals surface area contributed by atoms with E-state index in [0.717, 1.165) is 0 Å². The molecule has 0 atom stereocenters. The first-order valence-electron chi connectivity index (χ1n) is 3.99. The zero-order chi connectivity index (χ0) is 10.3. The number of nitrogens with zero attached hydrogens (tertiary/aromatic N) is 1. The van der Waals surface area contributed by atoms with Gasteiger partial charge in [-0.1, -0.05) is 17.7 Å². The van der Waals surface area contributed by atoms with E-state index in [-0.39, 0.29) is 0 Å². The van der Waals surface area contributed by atoms with Crippen molar-refractivity contribution in [1.82, 2.24) is 9.55 Å². The fourth-order valence-corrected chi connectivity index (χ4v) is 1.69. The molecule has 4 nitrogen and oxygen atoms in total. The van der Waals surface area contributed by atoms with E-state index >= 15 is 0 Å². The van der Waals surface area contributed by atoms with Crippen LogP contribution in [0.5, 0.6) is 0 Å². The van der Waals surface area contributed by atoms with Crippen LogP contribution >= 0.6 is 11.6 Å². The Morgan fingerprint density at radius 2 is 2.07 bits per heavy atom. The van der Waals surface area contributed by atoms with E-state index in [1.165, 1.54) is 11.6 Å². The number of aryl methyl sites for hydroxylation is 1. The number of fused-ring (bicyclic) bond motifs is 1. The molecule has 2 rings (SSSR count). The molecule has 0 aliphatic heterocycles. The number of H-pyrrole nitrogens is 1. The van der Waals surface area contributed by atoms with Crippen LogP contribution in [0.25, 0.3) is 11.0 Å². The lowest BCUT2D eigenvalue weighted by Gasteiger charge is -2.04. The molecule has 72 valence electrons. The van der Waals surface area contributed by atoms with Gasteiger partial charge in [0.1, 0.15) is 0 Å². The molecule has 0 spiro atoms. The van der Waals surface area contributed by atoms with Crippen molar-refractivity contribution in [2.45, 2.75) is 0 Å². The molecule has 0 amide bonds. The van der Waals surface area contributed by atoms with Crippen LogP contribution in [-0.4, -0.2) is 9.55 Å². The van der Waals surface area contributed by atoms with Gasteiger partial charge in [-0.05, 0) is 12.1 Å². The summed E-state index contributed by atoms with van der Waals surface area (Å²) in [7, 11) is 1.52. The van der Waals surface area contributed by atoms with Gasteiger partial charge in [-0.15, -0.1) is 0 Å². The van der Waals surface area contributed by atoms with E-state index in [1.807, 2.05) is 0 Å². The van der Waals surface area contributed by atoms with E-state index in [4.69, 9.17) is 11.6 Å². The summed E-state index contributed by atoms with van der Waals surface area (Å²) in [5.41, 5.74) is -0.142. The Bertz CT molecular complexity index is 612. The SMILES string of the molecule is Cn1c(=O)c(=O)[nH]c2cccc(Cl)c21. The smallest absolute Gasteiger partial charge is 0.316 e. The number of nitrogens with one attached hydrogen (secondary N) is 1. The highest BCUT2D eigenvalue weighted by molar-refractivity contribution is 6.34. The Labute approximate surface area is 83.8 Å². The summed E-state index contributed by atoms with van der Waals surface area (Å²) in [6.07, 6.45) is 0. The van der Waals surface area contributed by atoms with Gasteiger partial charge < -0.3 is 9.55 Å². The maximum Gasteiger partial charge on any atom is 0.316 e. The lowest BCUT2D eigenvalue weighted by Crippen LogP contribution is -2.34. The molecule has 14 heavy (non-hydrogen) atoms. The minimum absolute atomic E-state index is 0.443. The van der Waals surface area contributed by atoms with Crippen molar-refractivity contribution < 1.29 is 0 Å². The van der Waals surface area contributed by atoms with E-state index < -0.39 is 11.1 Å². The maximum atomic E-state index is 11.3. The van der Waals surface area contributed by atoms with Crippen molar-refractivity contribution in [1.29, 1.82) is 0 Å². The molecule has 0 bridgehead atoms. The summed E-state index contributed by atoms with van der Waals surface area (Å²) in [6, 6.07) is 5.08. The predicted octanol–water partition coefficient (Wildman–Crippen LogP) is 0.880. The summed E-state index contributed by atoms with van der Waals surface area (Å²) in [5.74, 6) is 0. The Morgan fingerprint density at radius 3 is 2.79 bits per heavy atom. The Balaban J connectivity index is 3.15. The highest BCUT2D eigenvalue weighted by Crippen LogP contribution is 2.18. The first-order chi connectivity index (χ1) is 6.61. The third-order valence-electron chi connectivity index (χ3n) is 2.07. The fourth-order valence-electron chi connectivity index (χ4n) is 1.39. The number of rotatable bonds is 0. The molecule has 0 fully saturated rings. The monoisotopic (exact) mass is 210 g/mol. The lowest BCUT2D eigenvalue weighted by atomic mass is 10.3. The minimum atomic E-state index is -0.637. The first-order valence-corrected chi connectivity index (χ1v) is 4.36. The molecule has 0 unspecified atom stereocenters. The van der Waals surface area contributed by atoms with Gasteiger partial charge in [0, 0.05) is 7.05 Å². The Kier molecular flexibility index (Phi) is 1.93. The quantitative estimate of drug-likeness (QED) is 0.657. The average molecular weight is 211 g/mol. The molecule has 0 saturated heterocycles. The van der Waals surface area contributed by atoms with E-state index in [1.54, 1.807) is 18.2 Å². The second-order valence-corrected chi connectivity index (χ2v) is 3.36. The Morgan fingerprint density at radius 1 is 1.36 bits per heavy atom. The van der Waals surface area contributed by atoms with Crippen molar-refractivity contribution in [3.05, 3.63) is 43.9 Å². The molecular formula is C9H7ClN2O2. The average Bonchev–Trinajstić information content (AvgIpc) is 2.14. The normalized spacial score (nSPS) is 10.7. The number of hydrogen-bond donors (Lipinski definition) is 1. The number of aromatic nitrogens is 2. The van der Waals surface area contributed by atoms with Crippen molar-refractivity contribution in [3.8, 4) is 0 Å². The highest BCUT2D eigenvalue weighted by atomic mass is 35.5. The lowest BCUT2D eigenvalue weighted by molar-refractivity contribution is 0.874. The molecular weight excluding hydrogens is 204 g/mol. The molecule has 2 aromatic rings. The standard InChI is InChI=1S/C9H7ClN2O2/c1-12-7-5(10)3-2-4-6(7)11-8(13)9(12)14/h2-4H,1H3,(H,11,13). The Hall–Kier alpha value is -1.55. The van der Waals surface area contributed by atoms with Crippen LogP contribution in [-0.2, 0) is 7.05 Å². The van der Waals surface area contributed by atoms with Gasteiger partial charge in [-0.25, -0.2) is 0 Å². The van der Waals surface area contributed by atoms with E-state index in [0.29, 0.717) is 16.1 Å². The van der Waals surface area contributed by atoms with Crippen LogP contribution in [0, 0.1) is 0 Å². The van der Waals surface area contributed by atoms with Gasteiger partial charge in [0.25, 0.3) is 0 Å². The van der Waals surface area contributed by atoms with Crippen LogP contribution in [0.3, 0.4) is 0 Å². The fraction of sp³-hybridized carbons (Fsp3) is 0.111. The second-order valence-electron chi connectivity index (χ2n) is 2.95. The molecule has 0 aliphatic carbocycles. The largest absolute Gasteiger partial charge is 0.316 e. The summed E-state index contributed by atoms with van der Waals surface area (Å²) in [4.78, 5) is 24.9. The van der Waals surface area contributed by atoms with Gasteiger partial charge in [-0.3, -0.25) is 9.59 Å². The van der Waals surface area contributed by atoms with Crippen LogP contribution in [0.15, 0.2) is 27.8 Å². The molecule has 0 aliphatic rings.